The van der Waals surface area contributed by atoms with Gasteiger partial charge in [0.15, 0.2) is 5.69 Å². The number of rotatable bonds is 6. The third-order valence-corrected chi connectivity index (χ3v) is 3.61. The molecule has 0 aliphatic carbocycles. The van der Waals surface area contributed by atoms with Gasteiger partial charge in [0.1, 0.15) is 18.2 Å². The summed E-state index contributed by atoms with van der Waals surface area (Å²) in [6.07, 6.45) is 2.85. The van der Waals surface area contributed by atoms with E-state index in [1.54, 1.807) is 12.1 Å². The van der Waals surface area contributed by atoms with Crippen LogP contribution in [0, 0.1) is 5.82 Å². The van der Waals surface area contributed by atoms with Crippen LogP contribution >= 0.6 is 0 Å². The smallest absolute Gasteiger partial charge is 0.328 e. The topological polar surface area (TPSA) is 115 Å². The van der Waals surface area contributed by atoms with Crippen LogP contribution in [0.25, 0.3) is 0 Å². The first kappa shape index (κ1) is 17.3. The second-order valence-corrected chi connectivity index (χ2v) is 5.54. The fourth-order valence-electron chi connectivity index (χ4n) is 2.16. The van der Waals surface area contributed by atoms with Crippen LogP contribution in [0.1, 0.15) is 29.0 Å². The largest absolute Gasteiger partial charge is 0.480 e. The van der Waals surface area contributed by atoms with Crippen LogP contribution in [0.2, 0.25) is 0 Å². The summed E-state index contributed by atoms with van der Waals surface area (Å²) in [5, 5.41) is 19.5. The molecule has 0 fully saturated rings. The van der Waals surface area contributed by atoms with Gasteiger partial charge in [-0.05, 0) is 30.7 Å². The van der Waals surface area contributed by atoms with Crippen molar-refractivity contribution < 1.29 is 19.1 Å². The number of nitrogens with one attached hydrogen (secondary N) is 1. The summed E-state index contributed by atoms with van der Waals surface area (Å²) >= 11 is 0. The average molecular weight is 358 g/mol. The molecule has 1 amide bonds. The molecule has 0 radical (unpaired) electrons. The van der Waals surface area contributed by atoms with Gasteiger partial charge in [-0.2, -0.15) is 5.10 Å². The fraction of sp³-hybridized carbons (Fsp3) is 0.188. The van der Waals surface area contributed by atoms with Crippen LogP contribution in [-0.4, -0.2) is 41.5 Å². The standard InChI is InChI=1S/C16H15FN6O3/c1-10(15(25)26)23-7-6-13(20-23)14(24)19-16-18-9-22(21-16)8-11-2-4-12(17)5-3-11/h2-7,9-10H,8H2,1H3,(H,25,26)(H,19,21,24). The lowest BCUT2D eigenvalue weighted by atomic mass is 10.2. The van der Waals surface area contributed by atoms with Crippen molar-refractivity contribution >= 4 is 17.8 Å². The van der Waals surface area contributed by atoms with E-state index in [4.69, 9.17) is 5.11 Å². The number of hydrogen-bond donors (Lipinski definition) is 2. The van der Waals surface area contributed by atoms with E-state index in [2.05, 4.69) is 20.5 Å². The SMILES string of the molecule is CC(C(=O)O)n1ccc(C(=O)Nc2ncn(Cc3ccc(F)cc3)n2)n1. The van der Waals surface area contributed by atoms with E-state index >= 15 is 0 Å². The molecule has 10 heteroatoms. The van der Waals surface area contributed by atoms with Crippen molar-refractivity contribution in [1.29, 1.82) is 0 Å². The second kappa shape index (κ2) is 7.13. The highest BCUT2D eigenvalue weighted by molar-refractivity contribution is 6.01. The summed E-state index contributed by atoms with van der Waals surface area (Å²) in [5.74, 6) is -1.85. The molecule has 0 saturated carbocycles. The number of nitrogens with zero attached hydrogens (tertiary/aromatic N) is 5. The maximum atomic E-state index is 12.9. The van der Waals surface area contributed by atoms with Gasteiger partial charge in [-0.1, -0.05) is 12.1 Å². The molecule has 0 aliphatic rings. The Morgan fingerprint density at radius 1 is 1.23 bits per heavy atom. The van der Waals surface area contributed by atoms with Crippen LogP contribution in [0.15, 0.2) is 42.9 Å². The summed E-state index contributed by atoms with van der Waals surface area (Å²) in [7, 11) is 0. The molecule has 2 heterocycles. The van der Waals surface area contributed by atoms with Gasteiger partial charge in [0, 0.05) is 6.20 Å². The average Bonchev–Trinajstić information content (AvgIpc) is 3.26. The summed E-state index contributed by atoms with van der Waals surface area (Å²) in [4.78, 5) is 27.1. The van der Waals surface area contributed by atoms with Crippen molar-refractivity contribution in [3.63, 3.8) is 0 Å². The molecule has 3 aromatic rings. The Balaban J connectivity index is 1.64. The molecule has 134 valence electrons. The zero-order chi connectivity index (χ0) is 18.7. The number of carboxylic acid groups (broad SMARTS) is 1. The third-order valence-electron chi connectivity index (χ3n) is 3.61. The van der Waals surface area contributed by atoms with E-state index in [0.29, 0.717) is 6.54 Å². The van der Waals surface area contributed by atoms with Gasteiger partial charge >= 0.3 is 5.97 Å². The number of amides is 1. The number of aliphatic carboxylic acids is 1. The maximum absolute atomic E-state index is 12.9. The first-order chi connectivity index (χ1) is 12.4. The second-order valence-electron chi connectivity index (χ2n) is 5.54. The Bertz CT molecular complexity index is 934. The maximum Gasteiger partial charge on any atom is 0.328 e. The molecule has 0 bridgehead atoms. The Morgan fingerprint density at radius 3 is 2.65 bits per heavy atom. The van der Waals surface area contributed by atoms with Crippen LogP contribution in [0.3, 0.4) is 0 Å². The van der Waals surface area contributed by atoms with Crippen LogP contribution < -0.4 is 5.32 Å². The molecule has 2 N–H and O–H groups in total. The summed E-state index contributed by atoms with van der Waals surface area (Å²) < 4.78 is 15.6. The Morgan fingerprint density at radius 2 is 1.96 bits per heavy atom. The van der Waals surface area contributed by atoms with E-state index in [-0.39, 0.29) is 17.5 Å². The zero-order valence-electron chi connectivity index (χ0n) is 13.7. The molecule has 1 unspecified atom stereocenters. The lowest BCUT2D eigenvalue weighted by Crippen LogP contribution is -2.18. The van der Waals surface area contributed by atoms with Gasteiger partial charge in [-0.15, -0.1) is 5.10 Å². The third kappa shape index (κ3) is 3.91. The lowest BCUT2D eigenvalue weighted by Gasteiger charge is -2.05. The van der Waals surface area contributed by atoms with Gasteiger partial charge in [0.25, 0.3) is 5.91 Å². The first-order valence-electron chi connectivity index (χ1n) is 7.65. The van der Waals surface area contributed by atoms with Crippen LogP contribution in [0.4, 0.5) is 10.3 Å². The molecule has 0 aliphatic heterocycles. The predicted octanol–water partition coefficient (Wildman–Crippen LogP) is 1.56. The van der Waals surface area contributed by atoms with E-state index in [1.165, 1.54) is 47.0 Å². The summed E-state index contributed by atoms with van der Waals surface area (Å²) in [6.45, 7) is 1.82. The molecule has 26 heavy (non-hydrogen) atoms. The van der Waals surface area contributed by atoms with Crippen LogP contribution in [-0.2, 0) is 11.3 Å². The normalized spacial score (nSPS) is 11.9. The summed E-state index contributed by atoms with van der Waals surface area (Å²) in [6, 6.07) is 6.48. The zero-order valence-corrected chi connectivity index (χ0v) is 13.7. The van der Waals surface area contributed by atoms with Crippen molar-refractivity contribution in [2.75, 3.05) is 5.32 Å². The molecule has 1 atom stereocenters. The minimum atomic E-state index is -1.05. The molecule has 0 saturated heterocycles. The Labute approximate surface area is 147 Å². The van der Waals surface area contributed by atoms with E-state index < -0.39 is 17.9 Å². The molecule has 0 spiro atoms. The molecule has 2 aromatic heterocycles. The minimum Gasteiger partial charge on any atom is -0.480 e. The van der Waals surface area contributed by atoms with Crippen molar-refractivity contribution in [1.82, 2.24) is 24.5 Å². The highest BCUT2D eigenvalue weighted by Crippen LogP contribution is 2.09. The molecular weight excluding hydrogens is 343 g/mol. The number of hydrogen-bond acceptors (Lipinski definition) is 5. The minimum absolute atomic E-state index is 0.0491. The highest BCUT2D eigenvalue weighted by Gasteiger charge is 2.17. The predicted molar refractivity (Wildman–Crippen MR) is 88.1 cm³/mol. The Kier molecular flexibility index (Phi) is 4.74. The van der Waals surface area contributed by atoms with E-state index in [9.17, 15) is 14.0 Å². The molecule has 3 rings (SSSR count). The lowest BCUT2D eigenvalue weighted by molar-refractivity contribution is -0.140. The number of carbonyl (C=O) groups excluding carboxylic acids is 1. The van der Waals surface area contributed by atoms with E-state index in [0.717, 1.165) is 5.56 Å². The first-order valence-corrected chi connectivity index (χ1v) is 7.65. The van der Waals surface area contributed by atoms with E-state index in [1.807, 2.05) is 0 Å². The van der Waals surface area contributed by atoms with Gasteiger partial charge in [0.2, 0.25) is 5.95 Å². The van der Waals surface area contributed by atoms with Crippen LogP contribution in [0.5, 0.6) is 0 Å². The van der Waals surface area contributed by atoms with Gasteiger partial charge in [-0.25, -0.2) is 18.9 Å². The fourth-order valence-corrected chi connectivity index (χ4v) is 2.16. The monoisotopic (exact) mass is 358 g/mol. The van der Waals surface area contributed by atoms with Crippen molar-refractivity contribution in [3.8, 4) is 0 Å². The van der Waals surface area contributed by atoms with Gasteiger partial charge in [-0.3, -0.25) is 14.8 Å². The number of carboxylic acids is 1. The summed E-state index contributed by atoms with van der Waals surface area (Å²) in [5.41, 5.74) is 0.878. The number of halogens is 1. The quantitative estimate of drug-likeness (QED) is 0.691. The Hall–Kier alpha value is -3.56. The highest BCUT2D eigenvalue weighted by atomic mass is 19.1. The number of benzene rings is 1. The van der Waals surface area contributed by atoms with Crippen molar-refractivity contribution in [2.24, 2.45) is 0 Å². The number of anilines is 1. The van der Waals surface area contributed by atoms with Gasteiger partial charge < -0.3 is 5.11 Å². The number of carbonyl (C=O) groups is 2. The molecule has 1 aromatic carbocycles. The molecule has 9 nitrogen and oxygen atoms in total. The van der Waals surface area contributed by atoms with Gasteiger partial charge in [0.05, 0.1) is 6.54 Å². The van der Waals surface area contributed by atoms with Crippen molar-refractivity contribution in [2.45, 2.75) is 19.5 Å². The van der Waals surface area contributed by atoms with Crippen molar-refractivity contribution in [3.05, 3.63) is 59.9 Å². The molecular formula is C16H15FN6O3. The number of aromatic nitrogens is 5.